The fourth-order valence-electron chi connectivity index (χ4n) is 1.94. The molecule has 1 rings (SSSR count). The van der Waals surface area contributed by atoms with E-state index in [-0.39, 0.29) is 18.0 Å². The Labute approximate surface area is 84.8 Å². The minimum atomic E-state index is -0.202. The molecule has 1 aliphatic rings. The van der Waals surface area contributed by atoms with Crippen LogP contribution < -0.4 is 0 Å². The molecule has 0 bridgehead atoms. The van der Waals surface area contributed by atoms with Gasteiger partial charge < -0.3 is 9.84 Å². The number of methoxy groups -OCH3 is 1. The van der Waals surface area contributed by atoms with Gasteiger partial charge in [0.05, 0.1) is 13.7 Å². The first-order chi connectivity index (χ1) is 6.59. The second-order valence-electron chi connectivity index (χ2n) is 4.36. The normalized spacial score (nSPS) is 28.8. The predicted molar refractivity (Wildman–Crippen MR) is 52.9 cm³/mol. The Morgan fingerprint density at radius 1 is 1.64 bits per heavy atom. The summed E-state index contributed by atoms with van der Waals surface area (Å²) in [6, 6.07) is 0. The lowest BCUT2D eigenvalue weighted by molar-refractivity contribution is -0.142. The van der Waals surface area contributed by atoms with E-state index in [0.717, 1.165) is 25.9 Å². The fraction of sp³-hybridized carbons (Fsp3) is 0.900. The van der Waals surface area contributed by atoms with E-state index in [1.165, 1.54) is 7.11 Å². The molecule has 1 N–H and O–H groups in total. The average Bonchev–Trinajstić information content (AvgIpc) is 2.18. The second kappa shape index (κ2) is 4.75. The molecule has 82 valence electrons. The average molecular weight is 201 g/mol. The van der Waals surface area contributed by atoms with Crippen LogP contribution in [0.3, 0.4) is 0 Å². The van der Waals surface area contributed by atoms with Gasteiger partial charge in [-0.3, -0.25) is 9.69 Å². The molecule has 1 unspecified atom stereocenters. The number of carbonyl (C=O) groups excluding carboxylic acids is 1. The maximum absolute atomic E-state index is 11.1. The fourth-order valence-corrected chi connectivity index (χ4v) is 1.94. The van der Waals surface area contributed by atoms with Crippen LogP contribution in [0, 0.1) is 5.41 Å². The van der Waals surface area contributed by atoms with Gasteiger partial charge in [0.1, 0.15) is 0 Å². The van der Waals surface area contributed by atoms with Crippen molar-refractivity contribution in [2.75, 3.05) is 33.4 Å². The molecule has 0 amide bonds. The van der Waals surface area contributed by atoms with Crippen molar-refractivity contribution >= 4 is 5.97 Å². The Hall–Kier alpha value is -0.610. The lowest BCUT2D eigenvalue weighted by Crippen LogP contribution is -2.45. The van der Waals surface area contributed by atoms with Gasteiger partial charge in [0.25, 0.3) is 0 Å². The number of nitrogens with zero attached hydrogens (tertiary/aromatic N) is 1. The molecule has 0 radical (unpaired) electrons. The van der Waals surface area contributed by atoms with Gasteiger partial charge in [0.15, 0.2) is 0 Å². The third kappa shape index (κ3) is 2.96. The van der Waals surface area contributed by atoms with Crippen LogP contribution in [-0.2, 0) is 9.53 Å². The quantitative estimate of drug-likeness (QED) is 0.665. The van der Waals surface area contributed by atoms with Crippen LogP contribution in [-0.4, -0.2) is 49.3 Å². The van der Waals surface area contributed by atoms with Gasteiger partial charge in [0.2, 0.25) is 0 Å². The molecule has 1 heterocycles. The molecule has 1 fully saturated rings. The highest BCUT2D eigenvalue weighted by Crippen LogP contribution is 2.28. The number of piperidine rings is 1. The molecule has 0 aromatic rings. The standard InChI is InChI=1S/C10H19NO3/c1-10(8-12)4-3-5-11(7-10)6-9(13)14-2/h12H,3-8H2,1-2H3. The van der Waals surface area contributed by atoms with E-state index in [1.807, 2.05) is 4.90 Å². The number of aliphatic hydroxyl groups is 1. The number of hydrogen-bond acceptors (Lipinski definition) is 4. The number of likely N-dealkylation sites (tertiary alicyclic amines) is 1. The maximum atomic E-state index is 11.1. The molecule has 4 heteroatoms. The van der Waals surface area contributed by atoms with Gasteiger partial charge in [0, 0.05) is 18.6 Å². The third-order valence-electron chi connectivity index (χ3n) is 2.82. The Kier molecular flexibility index (Phi) is 3.89. The van der Waals surface area contributed by atoms with Crippen LogP contribution in [0.15, 0.2) is 0 Å². The van der Waals surface area contributed by atoms with E-state index in [0.29, 0.717) is 6.54 Å². The molecule has 1 atom stereocenters. The van der Waals surface area contributed by atoms with Gasteiger partial charge in [-0.25, -0.2) is 0 Å². The van der Waals surface area contributed by atoms with E-state index in [4.69, 9.17) is 0 Å². The Bertz CT molecular complexity index is 208. The van der Waals surface area contributed by atoms with Crippen LogP contribution in [0.2, 0.25) is 0 Å². The number of rotatable bonds is 3. The van der Waals surface area contributed by atoms with E-state index >= 15 is 0 Å². The van der Waals surface area contributed by atoms with Gasteiger partial charge in [-0.1, -0.05) is 6.92 Å². The molecule has 0 aromatic heterocycles. The third-order valence-corrected chi connectivity index (χ3v) is 2.82. The van der Waals surface area contributed by atoms with Crippen molar-refractivity contribution in [3.63, 3.8) is 0 Å². The number of aliphatic hydroxyl groups excluding tert-OH is 1. The summed E-state index contributed by atoms with van der Waals surface area (Å²) in [6.45, 7) is 4.27. The number of hydrogen-bond donors (Lipinski definition) is 1. The minimum Gasteiger partial charge on any atom is -0.468 e. The van der Waals surface area contributed by atoms with Crippen molar-refractivity contribution in [1.82, 2.24) is 4.90 Å². The number of carbonyl (C=O) groups is 1. The Morgan fingerprint density at radius 3 is 2.93 bits per heavy atom. The SMILES string of the molecule is COC(=O)CN1CCCC(C)(CO)C1. The predicted octanol–water partition coefficient (Wildman–Crippen LogP) is 0.254. The molecule has 14 heavy (non-hydrogen) atoms. The van der Waals surface area contributed by atoms with Crippen LogP contribution >= 0.6 is 0 Å². The molecule has 4 nitrogen and oxygen atoms in total. The highest BCUT2D eigenvalue weighted by molar-refractivity contribution is 5.71. The smallest absolute Gasteiger partial charge is 0.319 e. The van der Waals surface area contributed by atoms with Crippen LogP contribution in [0.1, 0.15) is 19.8 Å². The molecule has 0 aliphatic carbocycles. The highest BCUT2D eigenvalue weighted by atomic mass is 16.5. The lowest BCUT2D eigenvalue weighted by atomic mass is 9.83. The Balaban J connectivity index is 2.44. The van der Waals surface area contributed by atoms with E-state index < -0.39 is 0 Å². The summed E-state index contributed by atoms with van der Waals surface area (Å²) in [5.41, 5.74) is -0.0493. The zero-order valence-corrected chi connectivity index (χ0v) is 8.95. The Morgan fingerprint density at radius 2 is 2.36 bits per heavy atom. The summed E-state index contributed by atoms with van der Waals surface area (Å²) >= 11 is 0. The summed E-state index contributed by atoms with van der Waals surface area (Å²) in [4.78, 5) is 13.1. The zero-order valence-electron chi connectivity index (χ0n) is 8.95. The highest BCUT2D eigenvalue weighted by Gasteiger charge is 2.30. The second-order valence-corrected chi connectivity index (χ2v) is 4.36. The summed E-state index contributed by atoms with van der Waals surface area (Å²) in [7, 11) is 1.40. The van der Waals surface area contributed by atoms with Gasteiger partial charge in [-0.15, -0.1) is 0 Å². The topological polar surface area (TPSA) is 49.8 Å². The number of esters is 1. The first-order valence-corrected chi connectivity index (χ1v) is 5.00. The van der Waals surface area contributed by atoms with Crippen molar-refractivity contribution in [3.05, 3.63) is 0 Å². The van der Waals surface area contributed by atoms with Crippen LogP contribution in [0.4, 0.5) is 0 Å². The van der Waals surface area contributed by atoms with E-state index in [9.17, 15) is 9.90 Å². The lowest BCUT2D eigenvalue weighted by Gasteiger charge is -2.38. The summed E-state index contributed by atoms with van der Waals surface area (Å²) in [5, 5.41) is 9.22. The molecule has 0 spiro atoms. The van der Waals surface area contributed by atoms with Crippen molar-refractivity contribution in [3.8, 4) is 0 Å². The molecule has 1 saturated heterocycles. The summed E-state index contributed by atoms with van der Waals surface area (Å²) in [6.07, 6.45) is 2.06. The van der Waals surface area contributed by atoms with Crippen LogP contribution in [0.25, 0.3) is 0 Å². The van der Waals surface area contributed by atoms with Gasteiger partial charge in [-0.05, 0) is 19.4 Å². The van der Waals surface area contributed by atoms with E-state index in [2.05, 4.69) is 11.7 Å². The largest absolute Gasteiger partial charge is 0.468 e. The molecular formula is C10H19NO3. The van der Waals surface area contributed by atoms with E-state index in [1.54, 1.807) is 0 Å². The molecular weight excluding hydrogens is 182 g/mol. The molecule has 0 aromatic carbocycles. The molecule has 1 aliphatic heterocycles. The summed E-state index contributed by atoms with van der Waals surface area (Å²) in [5.74, 6) is -0.202. The number of ether oxygens (including phenoxy) is 1. The molecule has 0 saturated carbocycles. The first-order valence-electron chi connectivity index (χ1n) is 5.00. The van der Waals surface area contributed by atoms with Crippen molar-refractivity contribution in [2.24, 2.45) is 5.41 Å². The first kappa shape index (κ1) is 11.5. The van der Waals surface area contributed by atoms with Gasteiger partial charge >= 0.3 is 5.97 Å². The van der Waals surface area contributed by atoms with Crippen molar-refractivity contribution in [1.29, 1.82) is 0 Å². The maximum Gasteiger partial charge on any atom is 0.319 e. The zero-order chi connectivity index (χ0) is 10.6. The van der Waals surface area contributed by atoms with Crippen molar-refractivity contribution < 1.29 is 14.6 Å². The van der Waals surface area contributed by atoms with Gasteiger partial charge in [-0.2, -0.15) is 0 Å². The minimum absolute atomic E-state index is 0.0493. The summed E-state index contributed by atoms with van der Waals surface area (Å²) < 4.78 is 4.61. The monoisotopic (exact) mass is 201 g/mol. The van der Waals surface area contributed by atoms with Crippen LogP contribution in [0.5, 0.6) is 0 Å². The van der Waals surface area contributed by atoms with Crippen molar-refractivity contribution in [2.45, 2.75) is 19.8 Å².